The zero-order valence-electron chi connectivity index (χ0n) is 22.3. The molecule has 3 aromatic carbocycles. The number of nitrogens with zero attached hydrogens (tertiary/aromatic N) is 1. The van der Waals surface area contributed by atoms with E-state index in [1.807, 2.05) is 61.5 Å². The molecule has 1 aliphatic rings. The number of alkyl carbamates (subject to hydrolysis) is 1. The van der Waals surface area contributed by atoms with Gasteiger partial charge in [-0.1, -0.05) is 89.9 Å². The average Bonchev–Trinajstić information content (AvgIpc) is 2.94. The molecule has 0 bridgehead atoms. The average molecular weight is 569 g/mol. The molecule has 8 heteroatoms. The van der Waals surface area contributed by atoms with Gasteiger partial charge < -0.3 is 20.3 Å². The standard InChI is InChI=1S/C31H35Cl2N3O3/c1-22(24-9-5-3-6-10-24)34-30(38)39-29(25-13-14-27(32)28(33)21-25)15-18-36-19-16-31(17-20-36,35-23(2)37)26-11-7-4-8-12-26/h3-14,21-22,29H,15-20H2,1-2H3,(H,34,38)(H,35,37)/t22-,29?/m0/s1. The quantitative estimate of drug-likeness (QED) is 0.291. The highest BCUT2D eigenvalue weighted by Crippen LogP contribution is 2.34. The molecule has 6 nitrogen and oxygen atoms in total. The van der Waals surface area contributed by atoms with E-state index in [1.54, 1.807) is 19.1 Å². The first-order chi connectivity index (χ1) is 18.8. The minimum absolute atomic E-state index is 0.0314. The molecular formula is C31H35Cl2N3O3. The fourth-order valence-electron chi connectivity index (χ4n) is 5.21. The number of nitrogens with one attached hydrogen (secondary N) is 2. The molecule has 2 N–H and O–H groups in total. The summed E-state index contributed by atoms with van der Waals surface area (Å²) in [6.45, 7) is 5.82. The molecule has 39 heavy (non-hydrogen) atoms. The molecule has 0 spiro atoms. The number of rotatable bonds is 9. The van der Waals surface area contributed by atoms with Crippen LogP contribution in [-0.2, 0) is 15.1 Å². The van der Waals surface area contributed by atoms with Crippen LogP contribution in [0.15, 0.2) is 78.9 Å². The monoisotopic (exact) mass is 567 g/mol. The van der Waals surface area contributed by atoms with Crippen molar-refractivity contribution >= 4 is 35.2 Å². The minimum Gasteiger partial charge on any atom is -0.441 e. The number of hydrogen-bond acceptors (Lipinski definition) is 4. The van der Waals surface area contributed by atoms with Crippen LogP contribution in [-0.4, -0.2) is 36.5 Å². The molecule has 1 heterocycles. The molecule has 206 valence electrons. The van der Waals surface area contributed by atoms with Crippen LogP contribution in [0.4, 0.5) is 4.79 Å². The molecule has 1 aliphatic heterocycles. The summed E-state index contributed by atoms with van der Waals surface area (Å²) in [4.78, 5) is 27.3. The van der Waals surface area contributed by atoms with Gasteiger partial charge >= 0.3 is 6.09 Å². The van der Waals surface area contributed by atoms with Crippen molar-refractivity contribution in [1.29, 1.82) is 0 Å². The van der Waals surface area contributed by atoms with Crippen LogP contribution >= 0.6 is 23.2 Å². The second-order valence-corrected chi connectivity index (χ2v) is 10.9. The zero-order chi connectivity index (χ0) is 27.8. The van der Waals surface area contributed by atoms with Crippen LogP contribution in [0.5, 0.6) is 0 Å². The Morgan fingerprint density at radius 2 is 1.56 bits per heavy atom. The number of likely N-dealkylation sites (tertiary alicyclic amines) is 1. The predicted octanol–water partition coefficient (Wildman–Crippen LogP) is 7.04. The Kier molecular flexibility index (Phi) is 9.89. The fraction of sp³-hybridized carbons (Fsp3) is 0.355. The number of piperidine rings is 1. The first-order valence-corrected chi connectivity index (χ1v) is 14.0. The molecule has 1 saturated heterocycles. The lowest BCUT2D eigenvalue weighted by Crippen LogP contribution is -2.52. The second-order valence-electron chi connectivity index (χ2n) is 10.1. The summed E-state index contributed by atoms with van der Waals surface area (Å²) >= 11 is 12.5. The highest BCUT2D eigenvalue weighted by Gasteiger charge is 2.37. The van der Waals surface area contributed by atoms with Crippen molar-refractivity contribution in [3.05, 3.63) is 106 Å². The molecule has 4 rings (SSSR count). The van der Waals surface area contributed by atoms with E-state index < -0.39 is 12.2 Å². The third-order valence-electron chi connectivity index (χ3n) is 7.36. The summed E-state index contributed by atoms with van der Waals surface area (Å²) in [5.41, 5.74) is 2.54. The van der Waals surface area contributed by atoms with Gasteiger partial charge in [-0.25, -0.2) is 4.79 Å². The van der Waals surface area contributed by atoms with E-state index in [-0.39, 0.29) is 17.5 Å². The Morgan fingerprint density at radius 3 is 2.18 bits per heavy atom. The van der Waals surface area contributed by atoms with Gasteiger partial charge in [0.1, 0.15) is 6.10 Å². The van der Waals surface area contributed by atoms with Gasteiger partial charge in [0.05, 0.1) is 21.6 Å². The third-order valence-corrected chi connectivity index (χ3v) is 8.10. The Labute approximate surface area is 240 Å². The Hall–Kier alpha value is -3.06. The maximum absolute atomic E-state index is 12.9. The molecule has 2 atom stereocenters. The minimum atomic E-state index is -0.501. The van der Waals surface area contributed by atoms with Gasteiger partial charge in [-0.2, -0.15) is 0 Å². The lowest BCUT2D eigenvalue weighted by molar-refractivity contribution is -0.121. The van der Waals surface area contributed by atoms with Crippen molar-refractivity contribution in [2.45, 2.75) is 50.8 Å². The third kappa shape index (κ3) is 7.75. The highest BCUT2D eigenvalue weighted by molar-refractivity contribution is 6.42. The second kappa shape index (κ2) is 13.3. The smallest absolute Gasteiger partial charge is 0.408 e. The van der Waals surface area contributed by atoms with E-state index in [0.717, 1.165) is 49.2 Å². The number of hydrogen-bond donors (Lipinski definition) is 2. The number of ether oxygens (including phenoxy) is 1. The molecular weight excluding hydrogens is 533 g/mol. The SMILES string of the molecule is CC(=O)NC1(c2ccccc2)CCN(CCC(OC(=O)N[C@@H](C)c2ccccc2)c2ccc(Cl)c(Cl)c2)CC1. The topological polar surface area (TPSA) is 70.7 Å². The largest absolute Gasteiger partial charge is 0.441 e. The summed E-state index contributed by atoms with van der Waals surface area (Å²) in [5.74, 6) is -0.0314. The van der Waals surface area contributed by atoms with Crippen LogP contribution in [0.1, 0.15) is 61.9 Å². The van der Waals surface area contributed by atoms with Crippen molar-refractivity contribution in [2.24, 2.45) is 0 Å². The van der Waals surface area contributed by atoms with Crippen LogP contribution in [0.2, 0.25) is 10.0 Å². The number of amides is 2. The maximum atomic E-state index is 12.9. The van der Waals surface area contributed by atoms with Gasteiger partial charge in [-0.15, -0.1) is 0 Å². The molecule has 1 unspecified atom stereocenters. The fourth-order valence-corrected chi connectivity index (χ4v) is 5.52. The summed E-state index contributed by atoms with van der Waals surface area (Å²) < 4.78 is 5.94. The van der Waals surface area contributed by atoms with Gasteiger partial charge in [0.25, 0.3) is 0 Å². The number of benzene rings is 3. The summed E-state index contributed by atoms with van der Waals surface area (Å²) in [6.07, 6.45) is 1.19. The number of carbonyl (C=O) groups excluding carboxylic acids is 2. The van der Waals surface area contributed by atoms with Crippen molar-refractivity contribution in [1.82, 2.24) is 15.5 Å². The van der Waals surface area contributed by atoms with Crippen molar-refractivity contribution < 1.29 is 14.3 Å². The van der Waals surface area contributed by atoms with E-state index in [2.05, 4.69) is 27.7 Å². The summed E-state index contributed by atoms with van der Waals surface area (Å²) in [5, 5.41) is 7.02. The number of carbonyl (C=O) groups is 2. The van der Waals surface area contributed by atoms with Crippen molar-refractivity contribution in [3.63, 3.8) is 0 Å². The normalized spacial score (nSPS) is 16.6. The van der Waals surface area contributed by atoms with Gasteiger partial charge in [0, 0.05) is 33.0 Å². The predicted molar refractivity (Wildman–Crippen MR) is 156 cm³/mol. The number of halogens is 2. The van der Waals surface area contributed by atoms with Crippen molar-refractivity contribution in [2.75, 3.05) is 19.6 Å². The van der Waals surface area contributed by atoms with Gasteiger partial charge in [-0.05, 0) is 48.6 Å². The van der Waals surface area contributed by atoms with Gasteiger partial charge in [0.2, 0.25) is 5.91 Å². The lowest BCUT2D eigenvalue weighted by atomic mass is 9.80. The van der Waals surface area contributed by atoms with Gasteiger partial charge in [0.15, 0.2) is 0 Å². The molecule has 0 aliphatic carbocycles. The Balaban J connectivity index is 1.42. The van der Waals surface area contributed by atoms with E-state index in [0.29, 0.717) is 16.5 Å². The van der Waals surface area contributed by atoms with E-state index in [9.17, 15) is 9.59 Å². The van der Waals surface area contributed by atoms with Crippen LogP contribution < -0.4 is 10.6 Å². The summed E-state index contributed by atoms with van der Waals surface area (Å²) in [6, 6.07) is 25.0. The first kappa shape index (κ1) is 28.9. The van der Waals surface area contributed by atoms with Crippen molar-refractivity contribution in [3.8, 4) is 0 Å². The Morgan fingerprint density at radius 1 is 0.923 bits per heavy atom. The van der Waals surface area contributed by atoms with Crippen LogP contribution in [0.3, 0.4) is 0 Å². The zero-order valence-corrected chi connectivity index (χ0v) is 23.8. The molecule has 0 aromatic heterocycles. The Bertz CT molecular complexity index is 1250. The van der Waals surface area contributed by atoms with E-state index in [4.69, 9.17) is 27.9 Å². The molecule has 0 saturated carbocycles. The van der Waals surface area contributed by atoms with Gasteiger partial charge in [-0.3, -0.25) is 4.79 Å². The molecule has 1 fully saturated rings. The molecule has 2 amide bonds. The van der Waals surface area contributed by atoms with Crippen LogP contribution in [0, 0.1) is 0 Å². The summed E-state index contributed by atoms with van der Waals surface area (Å²) in [7, 11) is 0. The molecule has 3 aromatic rings. The maximum Gasteiger partial charge on any atom is 0.408 e. The lowest BCUT2D eigenvalue weighted by Gasteiger charge is -2.43. The molecule has 0 radical (unpaired) electrons. The first-order valence-electron chi connectivity index (χ1n) is 13.3. The van der Waals surface area contributed by atoms with Crippen LogP contribution in [0.25, 0.3) is 0 Å². The van der Waals surface area contributed by atoms with E-state index >= 15 is 0 Å². The highest BCUT2D eigenvalue weighted by atomic mass is 35.5. The van der Waals surface area contributed by atoms with E-state index in [1.165, 1.54) is 0 Å².